The Labute approximate surface area is 174 Å². The third-order valence-corrected chi connectivity index (χ3v) is 5.46. The second kappa shape index (κ2) is 9.53. The lowest BCUT2D eigenvalue weighted by molar-refractivity contribution is -0.134. The van der Waals surface area contributed by atoms with Gasteiger partial charge in [0.2, 0.25) is 0 Å². The lowest BCUT2D eigenvalue weighted by atomic mass is 10.2. The Kier molecular flexibility index (Phi) is 7.35. The molecule has 0 spiro atoms. The van der Waals surface area contributed by atoms with E-state index in [1.807, 2.05) is 0 Å². The molecule has 0 aliphatic rings. The SMILES string of the molecule is COC(=O)/C=C/c1cc(OC)c(OC)c(S(=O)(=O)Nc2ccc(OC)c(Cl)c2)c1. The molecule has 0 amide bonds. The van der Waals surface area contributed by atoms with E-state index in [9.17, 15) is 13.2 Å². The van der Waals surface area contributed by atoms with Gasteiger partial charge in [0.1, 0.15) is 10.6 Å². The van der Waals surface area contributed by atoms with Crippen LogP contribution in [0.3, 0.4) is 0 Å². The van der Waals surface area contributed by atoms with Crippen LogP contribution < -0.4 is 18.9 Å². The number of rotatable bonds is 8. The number of nitrogens with one attached hydrogen (secondary N) is 1. The zero-order valence-corrected chi connectivity index (χ0v) is 17.8. The van der Waals surface area contributed by atoms with Gasteiger partial charge in [-0.1, -0.05) is 11.6 Å². The largest absolute Gasteiger partial charge is 0.495 e. The fourth-order valence-electron chi connectivity index (χ4n) is 2.42. The molecule has 0 aliphatic heterocycles. The number of halogens is 1. The summed E-state index contributed by atoms with van der Waals surface area (Å²) in [6.07, 6.45) is 2.56. The monoisotopic (exact) mass is 441 g/mol. The van der Waals surface area contributed by atoms with E-state index in [-0.39, 0.29) is 27.1 Å². The van der Waals surface area contributed by atoms with Crippen molar-refractivity contribution >= 4 is 39.4 Å². The summed E-state index contributed by atoms with van der Waals surface area (Å²) >= 11 is 6.06. The van der Waals surface area contributed by atoms with Crippen LogP contribution in [0, 0.1) is 0 Å². The number of carbonyl (C=O) groups excluding carboxylic acids is 1. The minimum Gasteiger partial charge on any atom is -0.495 e. The number of benzene rings is 2. The van der Waals surface area contributed by atoms with Crippen LogP contribution in [-0.2, 0) is 19.6 Å². The number of ether oxygens (including phenoxy) is 4. The number of sulfonamides is 1. The number of esters is 1. The van der Waals surface area contributed by atoms with Gasteiger partial charge in [0.05, 0.1) is 39.1 Å². The molecule has 0 aromatic heterocycles. The number of hydrogen-bond donors (Lipinski definition) is 1. The van der Waals surface area contributed by atoms with Crippen molar-refractivity contribution in [1.82, 2.24) is 0 Å². The molecule has 0 unspecified atom stereocenters. The van der Waals surface area contributed by atoms with Crippen molar-refractivity contribution in [2.75, 3.05) is 33.2 Å². The van der Waals surface area contributed by atoms with Crippen LogP contribution in [0.2, 0.25) is 5.02 Å². The molecule has 1 N–H and O–H groups in total. The van der Waals surface area contributed by atoms with Crippen molar-refractivity contribution in [2.24, 2.45) is 0 Å². The molecule has 0 atom stereocenters. The van der Waals surface area contributed by atoms with Crippen LogP contribution in [0.5, 0.6) is 17.2 Å². The van der Waals surface area contributed by atoms with E-state index in [1.165, 1.54) is 64.8 Å². The molecule has 0 bridgehead atoms. The van der Waals surface area contributed by atoms with Gasteiger partial charge in [-0.3, -0.25) is 4.72 Å². The molecule has 0 aliphatic carbocycles. The first-order valence-corrected chi connectivity index (χ1v) is 10.00. The summed E-state index contributed by atoms with van der Waals surface area (Å²) in [6.45, 7) is 0. The van der Waals surface area contributed by atoms with Gasteiger partial charge in [-0.25, -0.2) is 13.2 Å². The molecule has 0 heterocycles. The maximum atomic E-state index is 13.0. The second-order valence-electron chi connectivity index (χ2n) is 5.57. The molecule has 0 fully saturated rings. The maximum Gasteiger partial charge on any atom is 0.330 e. The van der Waals surface area contributed by atoms with Gasteiger partial charge in [0.25, 0.3) is 10.0 Å². The highest BCUT2D eigenvalue weighted by atomic mass is 35.5. The van der Waals surface area contributed by atoms with Gasteiger partial charge in [-0.05, 0) is 42.0 Å². The highest BCUT2D eigenvalue weighted by Crippen LogP contribution is 2.37. The Morgan fingerprint density at radius 1 is 1.00 bits per heavy atom. The fourth-order valence-corrected chi connectivity index (χ4v) is 3.94. The molecule has 0 saturated carbocycles. The number of methoxy groups -OCH3 is 4. The van der Waals surface area contributed by atoms with Crippen LogP contribution in [0.25, 0.3) is 6.08 Å². The van der Waals surface area contributed by atoms with E-state index >= 15 is 0 Å². The first-order valence-electron chi connectivity index (χ1n) is 8.14. The van der Waals surface area contributed by atoms with Crippen molar-refractivity contribution < 1.29 is 32.2 Å². The predicted molar refractivity (Wildman–Crippen MR) is 109 cm³/mol. The fraction of sp³-hybridized carbons (Fsp3) is 0.211. The number of anilines is 1. The minimum absolute atomic E-state index is 0.00910. The molecule has 0 radical (unpaired) electrons. The van der Waals surface area contributed by atoms with E-state index in [4.69, 9.17) is 25.8 Å². The summed E-state index contributed by atoms with van der Waals surface area (Å²) in [5, 5.41) is 0.243. The van der Waals surface area contributed by atoms with E-state index in [0.29, 0.717) is 11.3 Å². The van der Waals surface area contributed by atoms with Gasteiger partial charge in [0.15, 0.2) is 11.5 Å². The zero-order chi connectivity index (χ0) is 21.6. The Balaban J connectivity index is 2.53. The minimum atomic E-state index is -4.10. The molecule has 10 heteroatoms. The third-order valence-electron chi connectivity index (χ3n) is 3.77. The van der Waals surface area contributed by atoms with Crippen LogP contribution in [0.1, 0.15) is 5.56 Å². The predicted octanol–water partition coefficient (Wildman–Crippen LogP) is 3.35. The normalized spacial score (nSPS) is 11.2. The summed E-state index contributed by atoms with van der Waals surface area (Å²) in [7, 11) is 1.29. The summed E-state index contributed by atoms with van der Waals surface area (Å²) in [5.41, 5.74) is 0.619. The molecule has 156 valence electrons. The van der Waals surface area contributed by atoms with E-state index in [0.717, 1.165) is 6.08 Å². The van der Waals surface area contributed by atoms with Crippen molar-refractivity contribution in [3.8, 4) is 17.2 Å². The lowest BCUT2D eigenvalue weighted by Gasteiger charge is -2.16. The molecule has 0 saturated heterocycles. The first kappa shape index (κ1) is 22.4. The van der Waals surface area contributed by atoms with Crippen LogP contribution in [0.15, 0.2) is 41.3 Å². The highest BCUT2D eigenvalue weighted by Gasteiger charge is 2.24. The van der Waals surface area contributed by atoms with Gasteiger partial charge in [-0.15, -0.1) is 0 Å². The Hall–Kier alpha value is -2.91. The number of hydrogen-bond acceptors (Lipinski definition) is 7. The second-order valence-corrected chi connectivity index (χ2v) is 7.62. The smallest absolute Gasteiger partial charge is 0.330 e. The van der Waals surface area contributed by atoms with Gasteiger partial charge in [0, 0.05) is 6.08 Å². The van der Waals surface area contributed by atoms with Gasteiger partial charge < -0.3 is 18.9 Å². The van der Waals surface area contributed by atoms with Gasteiger partial charge >= 0.3 is 5.97 Å². The van der Waals surface area contributed by atoms with E-state index in [1.54, 1.807) is 0 Å². The summed E-state index contributed by atoms with van der Waals surface area (Å²) in [5.74, 6) is 0.00137. The topological polar surface area (TPSA) is 100 Å². The van der Waals surface area contributed by atoms with E-state index < -0.39 is 16.0 Å². The Morgan fingerprint density at radius 2 is 1.69 bits per heavy atom. The van der Waals surface area contributed by atoms with Crippen LogP contribution >= 0.6 is 11.6 Å². The van der Waals surface area contributed by atoms with Crippen molar-refractivity contribution in [2.45, 2.75) is 4.90 Å². The quantitative estimate of drug-likeness (QED) is 0.495. The summed E-state index contributed by atoms with van der Waals surface area (Å²) in [6, 6.07) is 7.33. The maximum absolute atomic E-state index is 13.0. The van der Waals surface area contributed by atoms with Crippen LogP contribution in [-0.4, -0.2) is 42.8 Å². The standard InChI is InChI=1S/C19H20ClNO7S/c1-25-15-7-6-13(11-14(15)20)21-29(23,24)17-10-12(5-8-18(22)27-3)9-16(26-2)19(17)28-4/h5-11,21H,1-4H3/b8-5+. The molecular weight excluding hydrogens is 422 g/mol. The van der Waals surface area contributed by atoms with Crippen molar-refractivity contribution in [1.29, 1.82) is 0 Å². The third kappa shape index (κ3) is 5.33. The highest BCUT2D eigenvalue weighted by molar-refractivity contribution is 7.92. The molecular formula is C19H20ClNO7S. The number of carbonyl (C=O) groups is 1. The van der Waals surface area contributed by atoms with Crippen molar-refractivity contribution in [3.63, 3.8) is 0 Å². The molecule has 2 aromatic carbocycles. The molecule has 29 heavy (non-hydrogen) atoms. The zero-order valence-electron chi connectivity index (χ0n) is 16.2. The van der Waals surface area contributed by atoms with E-state index in [2.05, 4.69) is 9.46 Å². The van der Waals surface area contributed by atoms with Crippen LogP contribution in [0.4, 0.5) is 5.69 Å². The molecule has 2 rings (SSSR count). The Morgan fingerprint density at radius 3 is 2.24 bits per heavy atom. The summed E-state index contributed by atoms with van der Waals surface area (Å²) in [4.78, 5) is 11.2. The molecule has 2 aromatic rings. The van der Waals surface area contributed by atoms with Gasteiger partial charge in [-0.2, -0.15) is 0 Å². The molecule has 8 nitrogen and oxygen atoms in total. The first-order chi connectivity index (χ1) is 13.7. The van der Waals surface area contributed by atoms with Crippen molar-refractivity contribution in [3.05, 3.63) is 47.0 Å². The average molecular weight is 442 g/mol. The average Bonchev–Trinajstić information content (AvgIpc) is 2.70. The lowest BCUT2D eigenvalue weighted by Crippen LogP contribution is -2.15. The Bertz CT molecular complexity index is 1040. The summed E-state index contributed by atoms with van der Waals surface area (Å²) < 4.78 is 48.6.